The van der Waals surface area contributed by atoms with Crippen LogP contribution in [0.3, 0.4) is 0 Å². The number of nitrogens with one attached hydrogen (secondary N) is 1. The lowest BCUT2D eigenvalue weighted by atomic mass is 10.1. The summed E-state index contributed by atoms with van der Waals surface area (Å²) in [6.45, 7) is 6.51. The fraction of sp³-hybridized carbons (Fsp3) is 0.857. The molecule has 0 saturated heterocycles. The van der Waals surface area contributed by atoms with Crippen LogP contribution in [0.4, 0.5) is 0 Å². The molecule has 0 atom stereocenters. The summed E-state index contributed by atoms with van der Waals surface area (Å²) in [4.78, 5) is 4.49. The topological polar surface area (TPSA) is 41.6 Å². The van der Waals surface area contributed by atoms with Crippen molar-refractivity contribution in [3.8, 4) is 0 Å². The molecule has 0 spiro atoms. The Hall–Kier alpha value is -0.860. The first-order chi connectivity index (χ1) is 8.24. The van der Waals surface area contributed by atoms with E-state index in [0.29, 0.717) is 5.92 Å². The van der Waals surface area contributed by atoms with E-state index in [1.54, 1.807) is 0 Å². The molecule has 98 valence electrons. The molecule has 0 aliphatic rings. The molecule has 0 bridgehead atoms. The third kappa shape index (κ3) is 5.85. The Balaban J connectivity index is 2.05. The monoisotopic (exact) mass is 237 g/mol. The number of nitrogens with zero attached hydrogens (tertiary/aromatic N) is 2. The second-order valence-electron chi connectivity index (χ2n) is 5.17. The molecule has 0 unspecified atom stereocenters. The van der Waals surface area contributed by atoms with Gasteiger partial charge >= 0.3 is 0 Å². The fourth-order valence-electron chi connectivity index (χ4n) is 1.93. The van der Waals surface area contributed by atoms with Gasteiger partial charge in [0, 0.05) is 12.3 Å². The van der Waals surface area contributed by atoms with Crippen molar-refractivity contribution in [1.82, 2.24) is 15.2 Å². The minimum Gasteiger partial charge on any atom is -0.263 e. The van der Waals surface area contributed by atoms with Crippen LogP contribution in [-0.2, 0) is 6.42 Å². The molecule has 0 saturated carbocycles. The van der Waals surface area contributed by atoms with Crippen molar-refractivity contribution in [1.29, 1.82) is 0 Å². The second kappa shape index (κ2) is 8.26. The van der Waals surface area contributed by atoms with Crippen molar-refractivity contribution in [3.05, 3.63) is 11.6 Å². The maximum atomic E-state index is 4.49. The molecular weight excluding hydrogens is 210 g/mol. The minimum atomic E-state index is 0.425. The molecule has 0 aromatic carbocycles. The van der Waals surface area contributed by atoms with Crippen LogP contribution in [0.1, 0.15) is 83.3 Å². The van der Waals surface area contributed by atoms with Gasteiger partial charge in [0.25, 0.3) is 0 Å². The van der Waals surface area contributed by atoms with Gasteiger partial charge in [-0.05, 0) is 6.42 Å². The average Bonchev–Trinajstić information content (AvgIpc) is 2.77. The van der Waals surface area contributed by atoms with E-state index in [1.165, 1.54) is 44.9 Å². The Morgan fingerprint density at radius 2 is 1.65 bits per heavy atom. The number of unbranched alkanes of at least 4 members (excludes halogenated alkanes) is 6. The first-order valence-electron chi connectivity index (χ1n) is 7.15. The number of hydrogen-bond acceptors (Lipinski definition) is 2. The van der Waals surface area contributed by atoms with Crippen LogP contribution in [0.5, 0.6) is 0 Å². The smallest absolute Gasteiger partial charge is 0.153 e. The lowest BCUT2D eigenvalue weighted by Crippen LogP contribution is -1.91. The normalized spacial score (nSPS) is 11.3. The number of rotatable bonds is 9. The maximum absolute atomic E-state index is 4.49. The summed E-state index contributed by atoms with van der Waals surface area (Å²) in [7, 11) is 0. The van der Waals surface area contributed by atoms with Gasteiger partial charge in [0.1, 0.15) is 5.82 Å². The lowest BCUT2D eigenvalue weighted by Gasteiger charge is -1.99. The molecule has 1 N–H and O–H groups in total. The van der Waals surface area contributed by atoms with E-state index < -0.39 is 0 Å². The molecular formula is C14H27N3. The highest BCUT2D eigenvalue weighted by atomic mass is 15.2. The van der Waals surface area contributed by atoms with Crippen LogP contribution >= 0.6 is 0 Å². The van der Waals surface area contributed by atoms with E-state index >= 15 is 0 Å². The van der Waals surface area contributed by atoms with Crippen LogP contribution in [0.15, 0.2) is 0 Å². The number of aryl methyl sites for hydroxylation is 1. The zero-order valence-electron chi connectivity index (χ0n) is 11.6. The fourth-order valence-corrected chi connectivity index (χ4v) is 1.93. The Morgan fingerprint density at radius 3 is 2.24 bits per heavy atom. The summed E-state index contributed by atoms with van der Waals surface area (Å²) >= 11 is 0. The van der Waals surface area contributed by atoms with Crippen molar-refractivity contribution in [2.75, 3.05) is 0 Å². The predicted octanol–water partition coefficient (Wildman–Crippen LogP) is 4.22. The van der Waals surface area contributed by atoms with Crippen LogP contribution in [0.25, 0.3) is 0 Å². The van der Waals surface area contributed by atoms with E-state index in [-0.39, 0.29) is 0 Å². The summed E-state index contributed by atoms with van der Waals surface area (Å²) < 4.78 is 0. The van der Waals surface area contributed by atoms with Crippen molar-refractivity contribution in [2.45, 2.75) is 78.1 Å². The standard InChI is InChI=1S/C14H27N3/c1-4-5-6-7-8-9-10-11-13-15-14(12(2)3)17-16-13/h12H,4-11H2,1-3H3,(H,15,16,17). The molecule has 0 fully saturated rings. The van der Waals surface area contributed by atoms with Gasteiger partial charge in [0.15, 0.2) is 5.82 Å². The van der Waals surface area contributed by atoms with Gasteiger partial charge < -0.3 is 0 Å². The number of aromatic nitrogens is 3. The molecule has 17 heavy (non-hydrogen) atoms. The van der Waals surface area contributed by atoms with Gasteiger partial charge in [-0.3, -0.25) is 5.10 Å². The third-order valence-electron chi connectivity index (χ3n) is 3.08. The first kappa shape index (κ1) is 14.2. The minimum absolute atomic E-state index is 0.425. The summed E-state index contributed by atoms with van der Waals surface area (Å²) in [5.41, 5.74) is 0. The Morgan fingerprint density at radius 1 is 1.00 bits per heavy atom. The van der Waals surface area contributed by atoms with Crippen molar-refractivity contribution >= 4 is 0 Å². The summed E-state index contributed by atoms with van der Waals surface area (Å²) in [5, 5.41) is 7.26. The molecule has 0 aliphatic heterocycles. The van der Waals surface area contributed by atoms with Crippen LogP contribution in [0.2, 0.25) is 0 Å². The van der Waals surface area contributed by atoms with Gasteiger partial charge in [0.2, 0.25) is 0 Å². The highest BCUT2D eigenvalue weighted by molar-refractivity contribution is 4.94. The SMILES string of the molecule is CCCCCCCCCc1nc(C(C)C)n[nH]1. The molecule has 1 aromatic heterocycles. The quantitative estimate of drug-likeness (QED) is 0.653. The van der Waals surface area contributed by atoms with Gasteiger partial charge in [-0.1, -0.05) is 59.3 Å². The zero-order chi connectivity index (χ0) is 12.5. The van der Waals surface area contributed by atoms with Crippen molar-refractivity contribution in [3.63, 3.8) is 0 Å². The van der Waals surface area contributed by atoms with Gasteiger partial charge in [-0.25, -0.2) is 4.98 Å². The molecule has 0 amide bonds. The van der Waals surface area contributed by atoms with E-state index in [2.05, 4.69) is 36.0 Å². The van der Waals surface area contributed by atoms with E-state index in [4.69, 9.17) is 0 Å². The summed E-state index contributed by atoms with van der Waals surface area (Å²) in [6.07, 6.45) is 10.5. The second-order valence-corrected chi connectivity index (χ2v) is 5.17. The van der Waals surface area contributed by atoms with Crippen LogP contribution in [0, 0.1) is 0 Å². The summed E-state index contributed by atoms with van der Waals surface area (Å²) in [5.74, 6) is 2.43. The summed E-state index contributed by atoms with van der Waals surface area (Å²) in [6, 6.07) is 0. The molecule has 3 heteroatoms. The predicted molar refractivity (Wildman–Crippen MR) is 72.2 cm³/mol. The number of H-pyrrole nitrogens is 1. The highest BCUT2D eigenvalue weighted by Crippen LogP contribution is 2.11. The van der Waals surface area contributed by atoms with Crippen LogP contribution < -0.4 is 0 Å². The molecule has 0 radical (unpaired) electrons. The first-order valence-corrected chi connectivity index (χ1v) is 7.15. The van der Waals surface area contributed by atoms with Gasteiger partial charge in [0.05, 0.1) is 0 Å². The Kier molecular flexibility index (Phi) is 6.90. The molecule has 0 aliphatic carbocycles. The van der Waals surface area contributed by atoms with Crippen molar-refractivity contribution < 1.29 is 0 Å². The molecule has 1 aromatic rings. The Labute approximate surface area is 105 Å². The van der Waals surface area contributed by atoms with E-state index in [9.17, 15) is 0 Å². The van der Waals surface area contributed by atoms with E-state index in [1.807, 2.05) is 0 Å². The Bertz CT molecular complexity index is 291. The number of hydrogen-bond donors (Lipinski definition) is 1. The van der Waals surface area contributed by atoms with Crippen molar-refractivity contribution in [2.24, 2.45) is 0 Å². The zero-order valence-corrected chi connectivity index (χ0v) is 11.6. The van der Waals surface area contributed by atoms with Gasteiger partial charge in [-0.15, -0.1) is 0 Å². The average molecular weight is 237 g/mol. The third-order valence-corrected chi connectivity index (χ3v) is 3.08. The van der Waals surface area contributed by atoms with Crippen LogP contribution in [-0.4, -0.2) is 15.2 Å². The number of aromatic amines is 1. The lowest BCUT2D eigenvalue weighted by molar-refractivity contribution is 0.584. The largest absolute Gasteiger partial charge is 0.263 e. The van der Waals surface area contributed by atoms with E-state index in [0.717, 1.165) is 18.1 Å². The molecule has 1 rings (SSSR count). The molecule has 3 nitrogen and oxygen atoms in total. The molecule has 1 heterocycles. The van der Waals surface area contributed by atoms with Gasteiger partial charge in [-0.2, -0.15) is 5.10 Å². The maximum Gasteiger partial charge on any atom is 0.153 e. The highest BCUT2D eigenvalue weighted by Gasteiger charge is 2.06.